The van der Waals surface area contributed by atoms with Crippen molar-refractivity contribution in [1.82, 2.24) is 9.88 Å². The summed E-state index contributed by atoms with van der Waals surface area (Å²) in [6, 6.07) is 20.2. The van der Waals surface area contributed by atoms with Crippen molar-refractivity contribution in [3.8, 4) is 22.1 Å². The molecule has 1 aliphatic rings. The lowest BCUT2D eigenvalue weighted by Crippen LogP contribution is -2.48. The molecule has 5 rings (SSSR count). The lowest BCUT2D eigenvalue weighted by Gasteiger charge is -2.35. The summed E-state index contributed by atoms with van der Waals surface area (Å²) < 4.78 is 11.3. The van der Waals surface area contributed by atoms with Gasteiger partial charge in [-0.1, -0.05) is 18.2 Å². The van der Waals surface area contributed by atoms with Crippen LogP contribution < -0.4 is 14.4 Å². The van der Waals surface area contributed by atoms with Crippen molar-refractivity contribution in [3.05, 3.63) is 71.7 Å². The number of piperazine rings is 1. The molecular weight excluding hydrogens is 450 g/mol. The zero-order valence-electron chi connectivity index (χ0n) is 18.8. The summed E-state index contributed by atoms with van der Waals surface area (Å²) in [6.45, 7) is 2.80. The molecule has 0 spiro atoms. The van der Waals surface area contributed by atoms with Gasteiger partial charge in [-0.25, -0.2) is 9.78 Å². The van der Waals surface area contributed by atoms with E-state index in [9.17, 15) is 9.90 Å². The minimum Gasteiger partial charge on any atom is -0.497 e. The highest BCUT2D eigenvalue weighted by Crippen LogP contribution is 2.32. The highest BCUT2D eigenvalue weighted by molar-refractivity contribution is 7.15. The number of carbonyl (C=O) groups is 1. The van der Waals surface area contributed by atoms with E-state index in [1.165, 1.54) is 4.90 Å². The standard InChI is InChI=1S/C26H25N3O4S/c1-32-20-8-6-19(7-9-20)25-27-16-22(34-25)17-33-21-10-5-18-3-2-4-24(23(18)15-21)28-11-13-29(14-12-28)26(30)31/h2-10,15-16H,11-14,17H2,1H3,(H,30,31). The number of ether oxygens (including phenoxy) is 2. The van der Waals surface area contributed by atoms with E-state index in [-0.39, 0.29) is 0 Å². The van der Waals surface area contributed by atoms with Gasteiger partial charge in [0.05, 0.1) is 12.0 Å². The summed E-state index contributed by atoms with van der Waals surface area (Å²) in [7, 11) is 1.66. The van der Waals surface area contributed by atoms with Gasteiger partial charge in [-0.3, -0.25) is 0 Å². The third-order valence-corrected chi connectivity index (χ3v) is 7.01. The summed E-state index contributed by atoms with van der Waals surface area (Å²) in [4.78, 5) is 20.5. The largest absolute Gasteiger partial charge is 0.497 e. The molecule has 0 atom stereocenters. The molecule has 1 amide bonds. The van der Waals surface area contributed by atoms with Crippen LogP contribution in [0, 0.1) is 0 Å². The van der Waals surface area contributed by atoms with Crippen LogP contribution in [0.5, 0.6) is 11.5 Å². The second-order valence-electron chi connectivity index (χ2n) is 8.07. The first-order valence-corrected chi connectivity index (χ1v) is 11.9. The second kappa shape index (κ2) is 9.61. The number of benzene rings is 3. The number of methoxy groups -OCH3 is 1. The molecule has 0 radical (unpaired) electrons. The normalized spacial score (nSPS) is 13.8. The fraction of sp³-hybridized carbons (Fsp3) is 0.231. The number of amides is 1. The van der Waals surface area contributed by atoms with E-state index < -0.39 is 6.09 Å². The van der Waals surface area contributed by atoms with E-state index in [4.69, 9.17) is 9.47 Å². The molecule has 1 fully saturated rings. The first kappa shape index (κ1) is 22.0. The maximum absolute atomic E-state index is 11.2. The average molecular weight is 476 g/mol. The predicted octanol–water partition coefficient (Wildman–Crippen LogP) is 5.35. The molecule has 1 saturated heterocycles. The smallest absolute Gasteiger partial charge is 0.407 e. The molecule has 2 heterocycles. The zero-order valence-corrected chi connectivity index (χ0v) is 19.6. The second-order valence-corrected chi connectivity index (χ2v) is 9.18. The number of carboxylic acid groups (broad SMARTS) is 1. The van der Waals surface area contributed by atoms with Gasteiger partial charge in [-0.2, -0.15) is 0 Å². The Morgan fingerprint density at radius 2 is 1.79 bits per heavy atom. The van der Waals surface area contributed by atoms with Gasteiger partial charge in [0.15, 0.2) is 0 Å². The number of thiazole rings is 1. The molecule has 0 unspecified atom stereocenters. The van der Waals surface area contributed by atoms with Crippen molar-refractivity contribution in [3.63, 3.8) is 0 Å². The molecule has 1 N–H and O–H groups in total. The molecule has 4 aromatic rings. The van der Waals surface area contributed by atoms with Crippen molar-refractivity contribution in [2.45, 2.75) is 6.61 Å². The highest BCUT2D eigenvalue weighted by Gasteiger charge is 2.21. The number of anilines is 1. The lowest BCUT2D eigenvalue weighted by molar-refractivity contribution is 0.142. The van der Waals surface area contributed by atoms with Crippen LogP contribution in [0.4, 0.5) is 10.5 Å². The van der Waals surface area contributed by atoms with Gasteiger partial charge in [-0.05, 0) is 47.9 Å². The van der Waals surface area contributed by atoms with Crippen LogP contribution in [0.15, 0.2) is 66.9 Å². The maximum atomic E-state index is 11.2. The fourth-order valence-electron chi connectivity index (χ4n) is 4.14. The average Bonchev–Trinajstić information content (AvgIpc) is 3.36. The summed E-state index contributed by atoms with van der Waals surface area (Å²) >= 11 is 1.61. The molecule has 1 aliphatic heterocycles. The Bertz CT molecular complexity index is 1300. The number of hydrogen-bond acceptors (Lipinski definition) is 6. The summed E-state index contributed by atoms with van der Waals surface area (Å²) in [5.41, 5.74) is 2.16. The van der Waals surface area contributed by atoms with Crippen LogP contribution in [0.1, 0.15) is 4.88 Å². The summed E-state index contributed by atoms with van der Waals surface area (Å²) in [5, 5.41) is 12.4. The fourth-order valence-corrected chi connectivity index (χ4v) is 4.97. The van der Waals surface area contributed by atoms with Crippen molar-refractivity contribution in [2.75, 3.05) is 38.2 Å². The van der Waals surface area contributed by atoms with Crippen molar-refractivity contribution >= 4 is 33.9 Å². The molecule has 8 heteroatoms. The minimum atomic E-state index is -0.855. The van der Waals surface area contributed by atoms with Crippen LogP contribution in [0.2, 0.25) is 0 Å². The Hall–Kier alpha value is -3.78. The summed E-state index contributed by atoms with van der Waals surface area (Å²) in [5.74, 6) is 1.62. The van der Waals surface area contributed by atoms with E-state index in [0.717, 1.165) is 43.4 Å². The van der Waals surface area contributed by atoms with Gasteiger partial charge in [0, 0.05) is 49.0 Å². The predicted molar refractivity (Wildman–Crippen MR) is 134 cm³/mol. The van der Waals surface area contributed by atoms with Gasteiger partial charge in [-0.15, -0.1) is 11.3 Å². The van der Waals surface area contributed by atoms with E-state index >= 15 is 0 Å². The number of aromatic nitrogens is 1. The van der Waals surface area contributed by atoms with Crippen molar-refractivity contribution < 1.29 is 19.4 Å². The molecule has 1 aromatic heterocycles. The quantitative estimate of drug-likeness (QED) is 0.405. The van der Waals surface area contributed by atoms with Gasteiger partial charge in [0.2, 0.25) is 0 Å². The van der Waals surface area contributed by atoms with Crippen LogP contribution in [-0.4, -0.2) is 54.4 Å². The highest BCUT2D eigenvalue weighted by atomic mass is 32.1. The van der Waals surface area contributed by atoms with Crippen molar-refractivity contribution in [2.24, 2.45) is 0 Å². The number of rotatable bonds is 6. The van der Waals surface area contributed by atoms with Gasteiger partial charge < -0.3 is 24.4 Å². The van der Waals surface area contributed by atoms with E-state index in [2.05, 4.69) is 34.1 Å². The molecule has 0 bridgehead atoms. The van der Waals surface area contributed by atoms with Crippen LogP contribution in [-0.2, 0) is 6.61 Å². The Kier molecular flexibility index (Phi) is 6.22. The molecule has 174 valence electrons. The van der Waals surface area contributed by atoms with E-state index in [1.807, 2.05) is 42.6 Å². The third kappa shape index (κ3) is 4.63. The molecule has 3 aromatic carbocycles. The maximum Gasteiger partial charge on any atom is 0.407 e. The molecule has 7 nitrogen and oxygen atoms in total. The van der Waals surface area contributed by atoms with E-state index in [1.54, 1.807) is 18.4 Å². The molecule has 0 aliphatic carbocycles. The SMILES string of the molecule is COc1ccc(-c2ncc(COc3ccc4cccc(N5CCN(C(=O)O)CC5)c4c3)s2)cc1. The van der Waals surface area contributed by atoms with Crippen LogP contribution in [0.25, 0.3) is 21.3 Å². The van der Waals surface area contributed by atoms with Gasteiger partial charge >= 0.3 is 6.09 Å². The molecule has 34 heavy (non-hydrogen) atoms. The number of hydrogen-bond donors (Lipinski definition) is 1. The lowest BCUT2D eigenvalue weighted by atomic mass is 10.1. The first-order valence-electron chi connectivity index (χ1n) is 11.1. The Morgan fingerprint density at radius 1 is 1.03 bits per heavy atom. The zero-order chi connectivity index (χ0) is 23.5. The number of fused-ring (bicyclic) bond motifs is 1. The van der Waals surface area contributed by atoms with E-state index in [0.29, 0.717) is 32.8 Å². The molecular formula is C26H25N3O4S. The Labute approximate surface area is 201 Å². The topological polar surface area (TPSA) is 75.1 Å². The number of nitrogens with zero attached hydrogens (tertiary/aromatic N) is 3. The van der Waals surface area contributed by atoms with Gasteiger partial charge in [0.25, 0.3) is 0 Å². The van der Waals surface area contributed by atoms with Crippen molar-refractivity contribution in [1.29, 1.82) is 0 Å². The van der Waals surface area contributed by atoms with Crippen LogP contribution in [0.3, 0.4) is 0 Å². The third-order valence-electron chi connectivity index (χ3n) is 5.99. The van der Waals surface area contributed by atoms with Crippen LogP contribution >= 0.6 is 11.3 Å². The Morgan fingerprint density at radius 3 is 2.53 bits per heavy atom. The minimum absolute atomic E-state index is 0.443. The monoisotopic (exact) mass is 475 g/mol. The molecule has 0 saturated carbocycles. The first-order chi connectivity index (χ1) is 16.6. The Balaban J connectivity index is 1.30. The van der Waals surface area contributed by atoms with Gasteiger partial charge in [0.1, 0.15) is 23.1 Å². The summed E-state index contributed by atoms with van der Waals surface area (Å²) in [6.07, 6.45) is 1.00.